The Bertz CT molecular complexity index is 184. The first-order valence-corrected chi connectivity index (χ1v) is 4.86. The molecule has 1 N–H and O–H groups in total. The molecule has 1 aliphatic heterocycles. The Morgan fingerprint density at radius 2 is 2.42 bits per heavy atom. The van der Waals surface area contributed by atoms with Gasteiger partial charge < -0.3 is 10.2 Å². The van der Waals surface area contributed by atoms with E-state index < -0.39 is 0 Å². The highest BCUT2D eigenvalue weighted by atomic mass is 15.3. The normalized spacial score (nSPS) is 22.9. The summed E-state index contributed by atoms with van der Waals surface area (Å²) in [6, 6.07) is 0. The van der Waals surface area contributed by atoms with E-state index in [4.69, 9.17) is 0 Å². The van der Waals surface area contributed by atoms with Crippen LogP contribution in [-0.4, -0.2) is 37.5 Å². The second-order valence-electron chi connectivity index (χ2n) is 3.81. The van der Waals surface area contributed by atoms with E-state index in [9.17, 15) is 0 Å². The van der Waals surface area contributed by atoms with Gasteiger partial charge in [0.1, 0.15) is 0 Å². The van der Waals surface area contributed by atoms with Crippen LogP contribution < -0.4 is 5.32 Å². The maximum Gasteiger partial charge on any atom is 0.193 e. The van der Waals surface area contributed by atoms with Gasteiger partial charge in [0.15, 0.2) is 5.96 Å². The van der Waals surface area contributed by atoms with Crippen molar-refractivity contribution in [3.8, 4) is 0 Å². The molecule has 1 aliphatic carbocycles. The van der Waals surface area contributed by atoms with E-state index in [1.54, 1.807) is 0 Å². The largest absolute Gasteiger partial charge is 0.356 e. The molecule has 0 saturated heterocycles. The number of aliphatic imine (C=N–C) groups is 1. The third-order valence-corrected chi connectivity index (χ3v) is 2.47. The first-order valence-electron chi connectivity index (χ1n) is 4.86. The van der Waals surface area contributed by atoms with E-state index in [2.05, 4.69) is 22.3 Å². The molecule has 1 saturated carbocycles. The SMILES string of the molecule is CN(CC1CC1)C1=NCCCN1. The number of hydrogen-bond donors (Lipinski definition) is 1. The van der Waals surface area contributed by atoms with Crippen molar-refractivity contribution >= 4 is 5.96 Å². The molecule has 0 aromatic heterocycles. The molecule has 2 rings (SSSR count). The molecule has 0 bridgehead atoms. The highest BCUT2D eigenvalue weighted by Crippen LogP contribution is 2.29. The molecule has 1 fully saturated rings. The maximum atomic E-state index is 4.44. The number of hydrogen-bond acceptors (Lipinski definition) is 3. The highest BCUT2D eigenvalue weighted by Gasteiger charge is 2.24. The minimum absolute atomic E-state index is 0.946. The van der Waals surface area contributed by atoms with Crippen molar-refractivity contribution in [1.29, 1.82) is 0 Å². The Morgan fingerprint density at radius 1 is 1.58 bits per heavy atom. The fourth-order valence-electron chi connectivity index (χ4n) is 1.55. The van der Waals surface area contributed by atoms with Crippen molar-refractivity contribution in [1.82, 2.24) is 10.2 Å². The van der Waals surface area contributed by atoms with Crippen LogP contribution in [0.2, 0.25) is 0 Å². The molecule has 3 nitrogen and oxygen atoms in total. The van der Waals surface area contributed by atoms with Gasteiger partial charge in [0.2, 0.25) is 0 Å². The topological polar surface area (TPSA) is 27.6 Å². The summed E-state index contributed by atoms with van der Waals surface area (Å²) in [5.74, 6) is 2.05. The van der Waals surface area contributed by atoms with Crippen LogP contribution in [-0.2, 0) is 0 Å². The molecule has 0 aromatic rings. The van der Waals surface area contributed by atoms with Crippen molar-refractivity contribution in [2.45, 2.75) is 19.3 Å². The summed E-state index contributed by atoms with van der Waals surface area (Å²) in [4.78, 5) is 6.70. The molecular weight excluding hydrogens is 150 g/mol. The van der Waals surface area contributed by atoms with Crippen LogP contribution >= 0.6 is 0 Å². The molecule has 0 atom stereocenters. The summed E-state index contributed by atoms with van der Waals surface area (Å²) in [5.41, 5.74) is 0. The first-order chi connectivity index (χ1) is 5.86. The van der Waals surface area contributed by atoms with E-state index in [-0.39, 0.29) is 0 Å². The number of guanidine groups is 1. The molecular formula is C9H17N3. The zero-order valence-corrected chi connectivity index (χ0v) is 7.71. The average Bonchev–Trinajstić information content (AvgIpc) is 2.90. The predicted molar refractivity (Wildman–Crippen MR) is 50.3 cm³/mol. The summed E-state index contributed by atoms with van der Waals surface area (Å²) in [6.45, 7) is 3.27. The van der Waals surface area contributed by atoms with Gasteiger partial charge in [-0.2, -0.15) is 0 Å². The van der Waals surface area contributed by atoms with E-state index >= 15 is 0 Å². The summed E-state index contributed by atoms with van der Waals surface area (Å²) >= 11 is 0. The number of nitrogens with one attached hydrogen (secondary N) is 1. The molecule has 1 heterocycles. The lowest BCUT2D eigenvalue weighted by molar-refractivity contribution is 0.447. The van der Waals surface area contributed by atoms with Gasteiger partial charge in [-0.15, -0.1) is 0 Å². The molecule has 2 aliphatic rings. The average molecular weight is 167 g/mol. The quantitative estimate of drug-likeness (QED) is 0.655. The molecule has 68 valence electrons. The van der Waals surface area contributed by atoms with Gasteiger partial charge in [-0.1, -0.05) is 0 Å². The Balaban J connectivity index is 1.83. The molecule has 0 amide bonds. The zero-order valence-electron chi connectivity index (χ0n) is 7.71. The second kappa shape index (κ2) is 3.33. The second-order valence-corrected chi connectivity index (χ2v) is 3.81. The van der Waals surface area contributed by atoms with Crippen LogP contribution in [0.1, 0.15) is 19.3 Å². The Hall–Kier alpha value is -0.730. The smallest absolute Gasteiger partial charge is 0.193 e. The van der Waals surface area contributed by atoms with Gasteiger partial charge in [0, 0.05) is 26.7 Å². The van der Waals surface area contributed by atoms with Crippen molar-refractivity contribution in [2.75, 3.05) is 26.7 Å². The Morgan fingerprint density at radius 3 is 3.00 bits per heavy atom. The summed E-state index contributed by atoms with van der Waals surface area (Å²) in [7, 11) is 2.13. The van der Waals surface area contributed by atoms with Crippen LogP contribution in [0, 0.1) is 5.92 Å². The molecule has 0 aromatic carbocycles. The lowest BCUT2D eigenvalue weighted by atomic mass is 10.3. The standard InChI is InChI=1S/C9H17N3/c1-12(7-8-3-4-8)9-10-5-2-6-11-9/h8H,2-7H2,1H3,(H,10,11). The van der Waals surface area contributed by atoms with E-state index in [0.29, 0.717) is 0 Å². The lowest BCUT2D eigenvalue weighted by Gasteiger charge is -2.24. The van der Waals surface area contributed by atoms with Crippen molar-refractivity contribution in [3.63, 3.8) is 0 Å². The highest BCUT2D eigenvalue weighted by molar-refractivity contribution is 5.80. The molecule has 0 spiro atoms. The van der Waals surface area contributed by atoms with E-state index in [1.807, 2.05) is 0 Å². The van der Waals surface area contributed by atoms with E-state index in [0.717, 1.165) is 25.0 Å². The van der Waals surface area contributed by atoms with Crippen molar-refractivity contribution in [3.05, 3.63) is 0 Å². The number of rotatable bonds is 2. The summed E-state index contributed by atoms with van der Waals surface area (Å²) in [5, 5.41) is 3.33. The number of nitrogens with zero attached hydrogens (tertiary/aromatic N) is 2. The van der Waals surface area contributed by atoms with Crippen LogP contribution in [0.15, 0.2) is 4.99 Å². The lowest BCUT2D eigenvalue weighted by Crippen LogP contribution is -2.42. The molecule has 0 unspecified atom stereocenters. The molecule has 3 heteroatoms. The van der Waals surface area contributed by atoms with Gasteiger partial charge in [-0.05, 0) is 25.2 Å². The van der Waals surface area contributed by atoms with Crippen molar-refractivity contribution in [2.24, 2.45) is 10.9 Å². The fraction of sp³-hybridized carbons (Fsp3) is 0.889. The minimum Gasteiger partial charge on any atom is -0.356 e. The first kappa shape index (κ1) is 7.90. The molecule has 0 radical (unpaired) electrons. The third-order valence-electron chi connectivity index (χ3n) is 2.47. The van der Waals surface area contributed by atoms with Crippen LogP contribution in [0.25, 0.3) is 0 Å². The monoisotopic (exact) mass is 167 g/mol. The maximum absolute atomic E-state index is 4.44. The van der Waals surface area contributed by atoms with Crippen LogP contribution in [0.3, 0.4) is 0 Å². The Labute approximate surface area is 73.9 Å². The third kappa shape index (κ3) is 1.90. The zero-order chi connectivity index (χ0) is 8.39. The van der Waals surface area contributed by atoms with Gasteiger partial charge in [0.05, 0.1) is 0 Å². The van der Waals surface area contributed by atoms with E-state index in [1.165, 1.54) is 25.8 Å². The molecule has 12 heavy (non-hydrogen) atoms. The van der Waals surface area contributed by atoms with Gasteiger partial charge in [0.25, 0.3) is 0 Å². The predicted octanol–water partition coefficient (Wildman–Crippen LogP) is 0.677. The van der Waals surface area contributed by atoms with Crippen molar-refractivity contribution < 1.29 is 0 Å². The summed E-state index contributed by atoms with van der Waals surface area (Å²) < 4.78 is 0. The van der Waals surface area contributed by atoms with Gasteiger partial charge >= 0.3 is 0 Å². The fourth-order valence-corrected chi connectivity index (χ4v) is 1.55. The summed E-state index contributed by atoms with van der Waals surface area (Å²) in [6.07, 6.45) is 4.01. The minimum atomic E-state index is 0.946. The van der Waals surface area contributed by atoms with Crippen LogP contribution in [0.5, 0.6) is 0 Å². The van der Waals surface area contributed by atoms with Crippen LogP contribution in [0.4, 0.5) is 0 Å². The Kier molecular flexibility index (Phi) is 2.19. The van der Waals surface area contributed by atoms with Gasteiger partial charge in [-0.3, -0.25) is 4.99 Å². The van der Waals surface area contributed by atoms with Gasteiger partial charge in [-0.25, -0.2) is 0 Å².